The predicted molar refractivity (Wildman–Crippen MR) is 136 cm³/mol. The molecule has 0 atom stereocenters. The van der Waals surface area contributed by atoms with Crippen molar-refractivity contribution < 1.29 is 0 Å². The van der Waals surface area contributed by atoms with Crippen molar-refractivity contribution in [3.8, 4) is 0 Å². The molecule has 0 fully saturated rings. The summed E-state index contributed by atoms with van der Waals surface area (Å²) in [6.07, 6.45) is 26.4. The molecule has 0 spiro atoms. The fourth-order valence-electron chi connectivity index (χ4n) is 4.43. The molecule has 0 aliphatic heterocycles. The van der Waals surface area contributed by atoms with E-state index in [1.54, 1.807) is 0 Å². The van der Waals surface area contributed by atoms with Gasteiger partial charge in [-0.15, -0.1) is 11.5 Å². The van der Waals surface area contributed by atoms with E-state index in [-0.39, 0.29) is 0 Å². The van der Waals surface area contributed by atoms with Gasteiger partial charge in [0.1, 0.15) is 0 Å². The molecular formula is C30H52. The number of hydrogen-bond acceptors (Lipinski definition) is 0. The predicted octanol–water partition coefficient (Wildman–Crippen LogP) is 10.8. The van der Waals surface area contributed by atoms with Crippen LogP contribution >= 0.6 is 0 Å². The molecule has 0 unspecified atom stereocenters. The first kappa shape index (κ1) is 27.1. The zero-order valence-corrected chi connectivity index (χ0v) is 21.1. The van der Waals surface area contributed by atoms with Crippen molar-refractivity contribution in [2.45, 2.75) is 156 Å². The first-order chi connectivity index (χ1) is 14.8. The smallest absolute Gasteiger partial charge is 0.00521 e. The Morgan fingerprint density at radius 1 is 0.333 bits per heavy atom. The molecule has 0 saturated heterocycles. The van der Waals surface area contributed by atoms with Crippen molar-refractivity contribution in [1.82, 2.24) is 0 Å². The highest BCUT2D eigenvalue weighted by molar-refractivity contribution is 5.44. The van der Waals surface area contributed by atoms with Gasteiger partial charge in [-0.25, -0.2) is 0 Å². The van der Waals surface area contributed by atoms with Gasteiger partial charge in [-0.1, -0.05) is 105 Å². The van der Waals surface area contributed by atoms with Crippen LogP contribution in [0.4, 0.5) is 0 Å². The lowest BCUT2D eigenvalue weighted by atomic mass is 9.87. The van der Waals surface area contributed by atoms with Crippen molar-refractivity contribution in [3.63, 3.8) is 0 Å². The molecule has 1 rings (SSSR count). The van der Waals surface area contributed by atoms with Crippen molar-refractivity contribution >= 4 is 0 Å². The summed E-state index contributed by atoms with van der Waals surface area (Å²) in [5.74, 6) is 0. The summed E-state index contributed by atoms with van der Waals surface area (Å²) < 4.78 is 0. The van der Waals surface area contributed by atoms with E-state index >= 15 is 0 Å². The highest BCUT2D eigenvalue weighted by Crippen LogP contribution is 2.31. The van der Waals surface area contributed by atoms with Crippen LogP contribution in [0.15, 0.2) is 33.8 Å². The van der Waals surface area contributed by atoms with Crippen molar-refractivity contribution in [1.29, 1.82) is 0 Å². The third-order valence-electron chi connectivity index (χ3n) is 6.45. The summed E-state index contributed by atoms with van der Waals surface area (Å²) in [5, 5.41) is 0. The second-order valence-corrected chi connectivity index (χ2v) is 9.41. The highest BCUT2D eigenvalue weighted by atomic mass is 14.2. The maximum absolute atomic E-state index is 3.99. The number of unbranched alkanes of at least 4 members (excludes halogenated alkanes) is 12. The van der Waals surface area contributed by atoms with Gasteiger partial charge < -0.3 is 0 Å². The second-order valence-electron chi connectivity index (χ2n) is 9.41. The molecule has 0 amide bonds. The van der Waals surface area contributed by atoms with E-state index in [0.717, 1.165) is 0 Å². The van der Waals surface area contributed by atoms with Gasteiger partial charge in [-0.2, -0.15) is 0 Å². The first-order valence-electron chi connectivity index (χ1n) is 13.7. The molecule has 0 aromatic heterocycles. The Morgan fingerprint density at radius 2 is 0.567 bits per heavy atom. The van der Waals surface area contributed by atoms with Crippen LogP contribution in [0.3, 0.4) is 0 Å². The third-order valence-corrected chi connectivity index (χ3v) is 6.45. The monoisotopic (exact) mass is 412 g/mol. The van der Waals surface area contributed by atoms with Crippen LogP contribution in [0.2, 0.25) is 0 Å². The lowest BCUT2D eigenvalue weighted by Crippen LogP contribution is -1.99. The Bertz CT molecular complexity index is 465. The van der Waals surface area contributed by atoms with Crippen LogP contribution in [-0.4, -0.2) is 0 Å². The third kappa shape index (κ3) is 12.0. The highest BCUT2D eigenvalue weighted by Gasteiger charge is 2.14. The van der Waals surface area contributed by atoms with E-state index in [1.807, 2.05) is 0 Å². The summed E-state index contributed by atoms with van der Waals surface area (Å²) in [4.78, 5) is 0. The molecule has 0 bridgehead atoms. The largest absolute Gasteiger partial charge is 0.112 e. The zero-order chi connectivity index (χ0) is 21.9. The van der Waals surface area contributed by atoms with Gasteiger partial charge >= 0.3 is 0 Å². The van der Waals surface area contributed by atoms with E-state index < -0.39 is 0 Å². The summed E-state index contributed by atoms with van der Waals surface area (Å²) in [6, 6.07) is 0. The molecule has 0 saturated carbocycles. The van der Waals surface area contributed by atoms with Crippen LogP contribution < -0.4 is 0 Å². The summed E-state index contributed by atoms with van der Waals surface area (Å²) in [6.45, 7) is 9.23. The molecular weight excluding hydrogens is 360 g/mol. The molecule has 0 heterocycles. The van der Waals surface area contributed by atoms with E-state index in [0.29, 0.717) is 0 Å². The SMILES string of the molecule is CCCCCCC1=C=C(CCCCCC)C(CCCCCC)=C=C1CCCCCC. The van der Waals surface area contributed by atoms with Gasteiger partial charge in [0.25, 0.3) is 0 Å². The molecule has 1 aliphatic rings. The number of hydrogen-bond donors (Lipinski definition) is 0. The van der Waals surface area contributed by atoms with Gasteiger partial charge in [-0.3, -0.25) is 0 Å². The minimum Gasteiger partial charge on any atom is -0.112 e. The average Bonchev–Trinajstić information content (AvgIpc) is 2.76. The molecule has 0 heteroatoms. The number of allylic oxidation sites excluding steroid dienone is 2. The molecule has 0 radical (unpaired) electrons. The lowest BCUT2D eigenvalue weighted by molar-refractivity contribution is 0.640. The standard InChI is InChI=1S/C30H52/c1-5-9-13-17-21-27-25-29(23-19-15-11-7-3)30(24-20-16-12-8-4)26-28(27)22-18-14-10-6-2/h5-24H2,1-4H3. The van der Waals surface area contributed by atoms with Gasteiger partial charge in [0.05, 0.1) is 0 Å². The average molecular weight is 413 g/mol. The Labute approximate surface area is 190 Å². The quantitative estimate of drug-likeness (QED) is 0.138. The topological polar surface area (TPSA) is 0 Å². The van der Waals surface area contributed by atoms with Crippen LogP contribution in [0.25, 0.3) is 0 Å². The second kappa shape index (κ2) is 18.8. The summed E-state index contributed by atoms with van der Waals surface area (Å²) in [7, 11) is 0. The minimum atomic E-state index is 1.22. The Hall–Kier alpha value is -0.960. The van der Waals surface area contributed by atoms with Crippen molar-refractivity contribution in [3.05, 3.63) is 33.8 Å². The zero-order valence-electron chi connectivity index (χ0n) is 21.1. The van der Waals surface area contributed by atoms with Crippen LogP contribution in [0.5, 0.6) is 0 Å². The lowest BCUT2D eigenvalue weighted by Gasteiger charge is -2.17. The van der Waals surface area contributed by atoms with E-state index in [9.17, 15) is 0 Å². The first-order valence-corrected chi connectivity index (χ1v) is 13.7. The minimum absolute atomic E-state index is 1.22. The fraction of sp³-hybridized carbons (Fsp3) is 0.800. The molecule has 0 aromatic rings. The molecule has 1 aliphatic carbocycles. The van der Waals surface area contributed by atoms with Crippen molar-refractivity contribution in [2.24, 2.45) is 0 Å². The van der Waals surface area contributed by atoms with Crippen LogP contribution in [-0.2, 0) is 0 Å². The summed E-state index contributed by atoms with van der Waals surface area (Å²) in [5.41, 5.74) is 14.0. The van der Waals surface area contributed by atoms with E-state index in [4.69, 9.17) is 0 Å². The molecule has 30 heavy (non-hydrogen) atoms. The maximum Gasteiger partial charge on any atom is 0.00521 e. The molecule has 0 nitrogen and oxygen atoms in total. The van der Waals surface area contributed by atoms with Crippen LogP contribution in [0, 0.1) is 0 Å². The maximum atomic E-state index is 3.99. The number of rotatable bonds is 20. The van der Waals surface area contributed by atoms with Gasteiger partial charge in [0, 0.05) is 22.3 Å². The van der Waals surface area contributed by atoms with E-state index in [1.165, 1.54) is 151 Å². The van der Waals surface area contributed by atoms with Gasteiger partial charge in [-0.05, 0) is 51.4 Å². The molecule has 0 N–H and O–H groups in total. The molecule has 0 aromatic carbocycles. The van der Waals surface area contributed by atoms with Gasteiger partial charge in [0.15, 0.2) is 0 Å². The fourth-order valence-corrected chi connectivity index (χ4v) is 4.43. The summed E-state index contributed by atoms with van der Waals surface area (Å²) >= 11 is 0. The Balaban J connectivity index is 2.93. The molecule has 172 valence electrons. The van der Waals surface area contributed by atoms with Crippen LogP contribution in [0.1, 0.15) is 156 Å². The van der Waals surface area contributed by atoms with Crippen molar-refractivity contribution in [2.75, 3.05) is 0 Å². The Kier molecular flexibility index (Phi) is 16.9. The Morgan fingerprint density at radius 3 is 0.767 bits per heavy atom. The van der Waals surface area contributed by atoms with Gasteiger partial charge in [0.2, 0.25) is 0 Å². The van der Waals surface area contributed by atoms with E-state index in [2.05, 4.69) is 39.2 Å². The normalized spacial score (nSPS) is 13.7.